The van der Waals surface area contributed by atoms with Gasteiger partial charge in [-0.05, 0) is 82.9 Å². The van der Waals surface area contributed by atoms with Gasteiger partial charge in [-0.2, -0.15) is 0 Å². The van der Waals surface area contributed by atoms with E-state index in [0.717, 1.165) is 0 Å². The maximum atomic E-state index is 2.29. The van der Waals surface area contributed by atoms with Crippen LogP contribution < -0.4 is 0 Å². The molecule has 0 aliphatic carbocycles. The van der Waals surface area contributed by atoms with E-state index in [1.807, 2.05) is 0 Å². The third-order valence-corrected chi connectivity index (χ3v) is 8.47. The molecule has 0 aromatic heterocycles. The van der Waals surface area contributed by atoms with Crippen LogP contribution in [0.25, 0.3) is 76.8 Å². The van der Waals surface area contributed by atoms with Gasteiger partial charge < -0.3 is 0 Å². The van der Waals surface area contributed by atoms with Crippen molar-refractivity contribution in [3.63, 3.8) is 0 Å². The van der Waals surface area contributed by atoms with Crippen molar-refractivity contribution in [2.24, 2.45) is 0 Å². The van der Waals surface area contributed by atoms with Crippen LogP contribution in [0.5, 0.6) is 0 Å². The summed E-state index contributed by atoms with van der Waals surface area (Å²) in [5.74, 6) is 0. The van der Waals surface area contributed by atoms with Crippen LogP contribution >= 0.6 is 0 Å². The molecule has 0 aliphatic rings. The van der Waals surface area contributed by atoms with Gasteiger partial charge >= 0.3 is 0 Å². The Balaban J connectivity index is 1.34. The highest BCUT2D eigenvalue weighted by atomic mass is 14.2. The maximum Gasteiger partial charge on any atom is -0.00201 e. The predicted molar refractivity (Wildman–Crippen MR) is 181 cm³/mol. The highest BCUT2D eigenvalue weighted by Gasteiger charge is 2.18. The van der Waals surface area contributed by atoms with Crippen molar-refractivity contribution in [2.45, 2.75) is 0 Å². The molecule has 8 rings (SSSR count). The lowest BCUT2D eigenvalue weighted by Gasteiger charge is -2.19. The summed E-state index contributed by atoms with van der Waals surface area (Å²) in [6.07, 6.45) is 0. The Morgan fingerprint density at radius 3 is 1.38 bits per heavy atom. The molecule has 42 heavy (non-hydrogen) atoms. The summed E-state index contributed by atoms with van der Waals surface area (Å²) in [4.78, 5) is 0. The zero-order chi connectivity index (χ0) is 27.9. The van der Waals surface area contributed by atoms with Crippen LogP contribution in [0.3, 0.4) is 0 Å². The summed E-state index contributed by atoms with van der Waals surface area (Å²) in [6, 6.07) is 61.7. The van der Waals surface area contributed by atoms with Crippen LogP contribution in [0.15, 0.2) is 170 Å². The minimum absolute atomic E-state index is 1.23. The molecule has 0 amide bonds. The second-order valence-corrected chi connectivity index (χ2v) is 10.9. The molecule has 0 fully saturated rings. The van der Waals surface area contributed by atoms with Crippen molar-refractivity contribution in [3.05, 3.63) is 170 Å². The molecule has 0 spiro atoms. The van der Waals surface area contributed by atoms with Crippen molar-refractivity contribution < 1.29 is 0 Å². The molecule has 0 heteroatoms. The van der Waals surface area contributed by atoms with Gasteiger partial charge in [-0.3, -0.25) is 0 Å². The summed E-state index contributed by atoms with van der Waals surface area (Å²) in [5.41, 5.74) is 10.0. The SMILES string of the molecule is c1ccc(-c2ccccc2-c2c3ccccc3c(-c3ccc(-c4ccc5ccccc5c4)cc3)c3ccccc23)cc1. The van der Waals surface area contributed by atoms with E-state index in [4.69, 9.17) is 0 Å². The van der Waals surface area contributed by atoms with Gasteiger partial charge in [0.05, 0.1) is 0 Å². The van der Waals surface area contributed by atoms with Crippen molar-refractivity contribution in [2.75, 3.05) is 0 Å². The van der Waals surface area contributed by atoms with Crippen molar-refractivity contribution in [3.8, 4) is 44.5 Å². The second-order valence-electron chi connectivity index (χ2n) is 10.9. The minimum atomic E-state index is 1.23. The summed E-state index contributed by atoms with van der Waals surface area (Å²) in [7, 11) is 0. The van der Waals surface area contributed by atoms with Gasteiger partial charge in [-0.25, -0.2) is 0 Å². The standard InChI is InChI=1S/C42H28/c1-2-13-31(14-3-1)35-16-6-7-17-36(35)42-39-20-10-8-18-37(39)41(38-19-9-11-21-40(38)42)32-25-22-30(23-26-32)34-27-24-29-12-4-5-15-33(29)28-34/h1-28H. The third kappa shape index (κ3) is 4.08. The molecule has 0 saturated carbocycles. The highest BCUT2D eigenvalue weighted by molar-refractivity contribution is 6.22. The molecule has 0 atom stereocenters. The first-order valence-electron chi connectivity index (χ1n) is 14.5. The number of benzene rings is 8. The molecule has 0 nitrogen and oxygen atoms in total. The molecule has 0 radical (unpaired) electrons. The molecule has 0 heterocycles. The fraction of sp³-hybridized carbons (Fsp3) is 0. The Morgan fingerprint density at radius 2 is 0.714 bits per heavy atom. The van der Waals surface area contributed by atoms with Gasteiger partial charge in [0.1, 0.15) is 0 Å². The number of fused-ring (bicyclic) bond motifs is 3. The van der Waals surface area contributed by atoms with E-state index in [0.29, 0.717) is 0 Å². The fourth-order valence-corrected chi connectivity index (χ4v) is 6.50. The van der Waals surface area contributed by atoms with Crippen molar-refractivity contribution in [1.82, 2.24) is 0 Å². The van der Waals surface area contributed by atoms with Gasteiger partial charge in [0.2, 0.25) is 0 Å². The summed E-state index contributed by atoms with van der Waals surface area (Å²) in [6.45, 7) is 0. The van der Waals surface area contributed by atoms with E-state index in [-0.39, 0.29) is 0 Å². The largest absolute Gasteiger partial charge is 0.0622 e. The summed E-state index contributed by atoms with van der Waals surface area (Å²) < 4.78 is 0. The molecule has 0 bridgehead atoms. The van der Waals surface area contributed by atoms with Crippen LogP contribution in [0.4, 0.5) is 0 Å². The van der Waals surface area contributed by atoms with Crippen LogP contribution in [0.2, 0.25) is 0 Å². The van der Waals surface area contributed by atoms with Gasteiger partial charge in [-0.1, -0.05) is 164 Å². The Hall–Kier alpha value is -5.46. The van der Waals surface area contributed by atoms with E-state index in [1.165, 1.54) is 76.8 Å². The Bertz CT molecular complexity index is 2160. The first-order valence-corrected chi connectivity index (χ1v) is 14.5. The summed E-state index contributed by atoms with van der Waals surface area (Å²) >= 11 is 0. The van der Waals surface area contributed by atoms with E-state index in [1.54, 1.807) is 0 Å². The molecule has 8 aromatic carbocycles. The van der Waals surface area contributed by atoms with Crippen LogP contribution in [-0.2, 0) is 0 Å². The number of hydrogen-bond donors (Lipinski definition) is 0. The topological polar surface area (TPSA) is 0 Å². The van der Waals surface area contributed by atoms with E-state index in [9.17, 15) is 0 Å². The zero-order valence-corrected chi connectivity index (χ0v) is 23.2. The van der Waals surface area contributed by atoms with Gasteiger partial charge in [-0.15, -0.1) is 0 Å². The number of hydrogen-bond acceptors (Lipinski definition) is 0. The second kappa shape index (κ2) is 10.2. The highest BCUT2D eigenvalue weighted by Crippen LogP contribution is 2.46. The monoisotopic (exact) mass is 532 g/mol. The Morgan fingerprint density at radius 1 is 0.238 bits per heavy atom. The van der Waals surface area contributed by atoms with E-state index in [2.05, 4.69) is 170 Å². The number of rotatable bonds is 4. The summed E-state index contributed by atoms with van der Waals surface area (Å²) in [5, 5.41) is 7.62. The molecular formula is C42H28. The van der Waals surface area contributed by atoms with Crippen LogP contribution in [-0.4, -0.2) is 0 Å². The lowest BCUT2D eigenvalue weighted by atomic mass is 9.83. The first-order chi connectivity index (χ1) is 20.8. The van der Waals surface area contributed by atoms with Gasteiger partial charge in [0.25, 0.3) is 0 Å². The molecular weight excluding hydrogens is 504 g/mol. The fourth-order valence-electron chi connectivity index (χ4n) is 6.50. The van der Waals surface area contributed by atoms with E-state index < -0.39 is 0 Å². The Labute approximate surface area is 246 Å². The maximum absolute atomic E-state index is 2.29. The first kappa shape index (κ1) is 24.3. The molecule has 0 N–H and O–H groups in total. The lowest BCUT2D eigenvalue weighted by molar-refractivity contribution is 1.60. The van der Waals surface area contributed by atoms with Crippen molar-refractivity contribution in [1.29, 1.82) is 0 Å². The Kier molecular flexibility index (Phi) is 5.90. The van der Waals surface area contributed by atoms with Gasteiger partial charge in [0, 0.05) is 0 Å². The molecule has 196 valence electrons. The van der Waals surface area contributed by atoms with Crippen LogP contribution in [0, 0.1) is 0 Å². The quantitative estimate of drug-likeness (QED) is 0.198. The molecule has 8 aromatic rings. The lowest BCUT2D eigenvalue weighted by Crippen LogP contribution is -1.92. The average Bonchev–Trinajstić information content (AvgIpc) is 3.07. The van der Waals surface area contributed by atoms with Crippen molar-refractivity contribution >= 4 is 32.3 Å². The molecule has 0 unspecified atom stereocenters. The average molecular weight is 533 g/mol. The third-order valence-electron chi connectivity index (χ3n) is 8.47. The minimum Gasteiger partial charge on any atom is -0.0622 e. The van der Waals surface area contributed by atoms with Gasteiger partial charge in [0.15, 0.2) is 0 Å². The predicted octanol–water partition coefficient (Wildman–Crippen LogP) is 11.8. The smallest absolute Gasteiger partial charge is 0.00201 e. The van der Waals surface area contributed by atoms with Crippen LogP contribution in [0.1, 0.15) is 0 Å². The molecule has 0 saturated heterocycles. The zero-order valence-electron chi connectivity index (χ0n) is 23.2. The van der Waals surface area contributed by atoms with E-state index >= 15 is 0 Å². The molecule has 0 aliphatic heterocycles. The normalized spacial score (nSPS) is 11.3.